The second-order valence-corrected chi connectivity index (χ2v) is 11.4. The van der Waals surface area contributed by atoms with Crippen molar-refractivity contribution in [1.82, 2.24) is 9.55 Å². The number of hydrogen-bond donors (Lipinski definition) is 0. The van der Waals surface area contributed by atoms with Crippen LogP contribution in [0.15, 0.2) is 94.9 Å². The Hall–Kier alpha value is -3.11. The van der Waals surface area contributed by atoms with Crippen LogP contribution in [0.2, 0.25) is 0 Å². The zero-order valence-corrected chi connectivity index (χ0v) is 21.6. The number of fused-ring (bicyclic) bond motifs is 3. The number of benzene rings is 3. The summed E-state index contributed by atoms with van der Waals surface area (Å²) in [6.45, 7) is 2.34. The highest BCUT2D eigenvalue weighted by Crippen LogP contribution is 2.49. The van der Waals surface area contributed by atoms with E-state index in [-0.39, 0.29) is 11.0 Å². The second kappa shape index (κ2) is 9.74. The highest BCUT2D eigenvalue weighted by atomic mass is 32.2. The molecule has 1 saturated carbocycles. The van der Waals surface area contributed by atoms with Crippen LogP contribution in [0.4, 0.5) is 0 Å². The van der Waals surface area contributed by atoms with E-state index in [1.165, 1.54) is 43.2 Å². The van der Waals surface area contributed by atoms with Crippen LogP contribution >= 0.6 is 11.8 Å². The highest BCUT2D eigenvalue weighted by Gasteiger charge is 2.45. The van der Waals surface area contributed by atoms with Crippen LogP contribution in [-0.4, -0.2) is 9.55 Å². The van der Waals surface area contributed by atoms with Crippen molar-refractivity contribution >= 4 is 11.8 Å². The minimum Gasteiger partial charge on any atom is -0.268 e. The Labute approximate surface area is 217 Å². The Bertz CT molecular complexity index is 1420. The molecule has 1 heterocycles. The summed E-state index contributed by atoms with van der Waals surface area (Å²) in [5.74, 6) is 1.26. The first-order chi connectivity index (χ1) is 17.6. The first-order valence-corrected chi connectivity index (χ1v) is 14.1. The van der Waals surface area contributed by atoms with Crippen LogP contribution in [0.5, 0.6) is 0 Å². The van der Waals surface area contributed by atoms with Crippen LogP contribution in [0.1, 0.15) is 55.7 Å². The Morgan fingerprint density at radius 2 is 1.56 bits per heavy atom. The molecule has 0 amide bonds. The molecule has 1 fully saturated rings. The molecule has 36 heavy (non-hydrogen) atoms. The van der Waals surface area contributed by atoms with E-state index in [9.17, 15) is 4.79 Å². The number of thioether (sulfide) groups is 1. The van der Waals surface area contributed by atoms with Crippen molar-refractivity contribution < 1.29 is 0 Å². The van der Waals surface area contributed by atoms with Gasteiger partial charge in [0.1, 0.15) is 0 Å². The van der Waals surface area contributed by atoms with E-state index >= 15 is 0 Å². The molecule has 3 nitrogen and oxygen atoms in total. The summed E-state index contributed by atoms with van der Waals surface area (Å²) in [7, 11) is 0. The zero-order chi connectivity index (χ0) is 24.5. The van der Waals surface area contributed by atoms with Crippen LogP contribution in [0.25, 0.3) is 16.9 Å². The molecule has 0 aliphatic heterocycles. The van der Waals surface area contributed by atoms with Crippen molar-refractivity contribution in [2.45, 2.75) is 61.8 Å². The third kappa shape index (κ3) is 4.12. The van der Waals surface area contributed by atoms with E-state index in [1.807, 2.05) is 41.0 Å². The van der Waals surface area contributed by atoms with Gasteiger partial charge in [-0.15, -0.1) is 0 Å². The molecule has 4 aromatic rings. The van der Waals surface area contributed by atoms with Gasteiger partial charge in [-0.2, -0.15) is 0 Å². The first-order valence-electron chi connectivity index (χ1n) is 13.1. The van der Waals surface area contributed by atoms with Gasteiger partial charge in [-0.1, -0.05) is 111 Å². The van der Waals surface area contributed by atoms with Crippen LogP contribution in [-0.2, 0) is 17.6 Å². The smallest absolute Gasteiger partial charge is 0.263 e. The molecule has 4 heteroatoms. The minimum absolute atomic E-state index is 0.101. The van der Waals surface area contributed by atoms with Gasteiger partial charge in [0.05, 0.1) is 16.9 Å². The van der Waals surface area contributed by atoms with Crippen LogP contribution < -0.4 is 5.56 Å². The monoisotopic (exact) mass is 492 g/mol. The Balaban J connectivity index is 1.58. The summed E-state index contributed by atoms with van der Waals surface area (Å²) in [6, 6.07) is 29.1. The predicted molar refractivity (Wildman–Crippen MR) is 149 cm³/mol. The standard InChI is InChI=1S/C32H32N2OS/c1-32(25-16-7-3-8-17-25)21-24-15-11-12-20-27(24)29-28(32)30(35)34(26-18-9-4-10-19-26)31(33-29)36-22-23-13-5-2-6-14-23/h2,4-6,9-15,18-20,25H,3,7-8,16-17,21-22H2,1H3/t32-/m0/s1. The summed E-state index contributed by atoms with van der Waals surface area (Å²) >= 11 is 1.64. The van der Waals surface area contributed by atoms with Crippen molar-refractivity contribution in [3.8, 4) is 16.9 Å². The van der Waals surface area contributed by atoms with E-state index in [0.717, 1.165) is 39.8 Å². The molecule has 0 saturated heterocycles. The fraction of sp³-hybridized carbons (Fsp3) is 0.312. The van der Waals surface area contributed by atoms with Crippen LogP contribution in [0.3, 0.4) is 0 Å². The molecule has 0 spiro atoms. The Morgan fingerprint density at radius 3 is 2.31 bits per heavy atom. The Kier molecular flexibility index (Phi) is 6.30. The summed E-state index contributed by atoms with van der Waals surface area (Å²) in [5, 5.41) is 0.761. The summed E-state index contributed by atoms with van der Waals surface area (Å²) < 4.78 is 1.88. The van der Waals surface area contributed by atoms with Gasteiger partial charge in [-0.25, -0.2) is 4.98 Å². The molecule has 182 valence electrons. The molecule has 0 unspecified atom stereocenters. The third-order valence-electron chi connectivity index (χ3n) is 8.19. The van der Waals surface area contributed by atoms with E-state index in [1.54, 1.807) is 11.8 Å². The molecule has 2 aliphatic rings. The molecule has 0 N–H and O–H groups in total. The lowest BCUT2D eigenvalue weighted by Gasteiger charge is -2.44. The summed E-state index contributed by atoms with van der Waals surface area (Å²) in [4.78, 5) is 19.9. The summed E-state index contributed by atoms with van der Waals surface area (Å²) in [5.41, 5.74) is 6.26. The molecule has 0 radical (unpaired) electrons. The average molecular weight is 493 g/mol. The number of para-hydroxylation sites is 1. The quantitative estimate of drug-likeness (QED) is 0.213. The topological polar surface area (TPSA) is 34.9 Å². The van der Waals surface area contributed by atoms with Gasteiger partial charge in [-0.3, -0.25) is 9.36 Å². The number of nitrogens with zero attached hydrogens (tertiary/aromatic N) is 2. The van der Waals surface area contributed by atoms with Gasteiger partial charge in [0.15, 0.2) is 5.16 Å². The third-order valence-corrected chi connectivity index (χ3v) is 9.19. The van der Waals surface area contributed by atoms with Crippen molar-refractivity contribution in [3.05, 3.63) is 112 Å². The molecule has 0 bridgehead atoms. The maximum Gasteiger partial charge on any atom is 0.263 e. The molecule has 3 aromatic carbocycles. The maximum absolute atomic E-state index is 14.6. The van der Waals surface area contributed by atoms with Crippen molar-refractivity contribution in [3.63, 3.8) is 0 Å². The van der Waals surface area contributed by atoms with Crippen molar-refractivity contribution in [2.24, 2.45) is 5.92 Å². The number of aromatic nitrogens is 2. The van der Waals surface area contributed by atoms with Gasteiger partial charge in [0.2, 0.25) is 0 Å². The van der Waals surface area contributed by atoms with Crippen LogP contribution in [0, 0.1) is 5.92 Å². The molecule has 2 aliphatic carbocycles. The fourth-order valence-electron chi connectivity index (χ4n) is 6.31. The molecular weight excluding hydrogens is 460 g/mol. The zero-order valence-electron chi connectivity index (χ0n) is 20.8. The van der Waals surface area contributed by atoms with Crippen molar-refractivity contribution in [1.29, 1.82) is 0 Å². The molecular formula is C32H32N2OS. The van der Waals surface area contributed by atoms with E-state index in [0.29, 0.717) is 5.92 Å². The Morgan fingerprint density at radius 1 is 0.889 bits per heavy atom. The predicted octanol–water partition coefficient (Wildman–Crippen LogP) is 7.59. The summed E-state index contributed by atoms with van der Waals surface area (Å²) in [6.07, 6.45) is 7.09. The van der Waals surface area contributed by atoms with Gasteiger partial charge in [0, 0.05) is 16.7 Å². The van der Waals surface area contributed by atoms with E-state index in [2.05, 4.69) is 55.5 Å². The lowest BCUT2D eigenvalue weighted by molar-refractivity contribution is 0.212. The SMILES string of the molecule is C[C@@]1(C2CCCCC2)Cc2ccccc2-c2nc(SCc3ccccc3)n(-c3ccccc3)c(=O)c21. The first kappa shape index (κ1) is 23.3. The molecule has 6 rings (SSSR count). The van der Waals surface area contributed by atoms with E-state index < -0.39 is 0 Å². The molecule has 1 aromatic heterocycles. The van der Waals surface area contributed by atoms with E-state index in [4.69, 9.17) is 4.98 Å². The van der Waals surface area contributed by atoms with Gasteiger partial charge < -0.3 is 0 Å². The second-order valence-electron chi connectivity index (χ2n) is 10.5. The van der Waals surface area contributed by atoms with Gasteiger partial charge in [-0.05, 0) is 48.4 Å². The lowest BCUT2D eigenvalue weighted by atomic mass is 9.60. The van der Waals surface area contributed by atoms with Crippen molar-refractivity contribution in [2.75, 3.05) is 0 Å². The molecule has 1 atom stereocenters. The lowest BCUT2D eigenvalue weighted by Crippen LogP contribution is -2.45. The van der Waals surface area contributed by atoms with Gasteiger partial charge in [0.25, 0.3) is 5.56 Å². The normalized spacial score (nSPS) is 19.5. The van der Waals surface area contributed by atoms with Gasteiger partial charge >= 0.3 is 0 Å². The fourth-order valence-corrected chi connectivity index (χ4v) is 7.27. The average Bonchev–Trinajstić information content (AvgIpc) is 2.93. The largest absolute Gasteiger partial charge is 0.268 e. The number of hydrogen-bond acceptors (Lipinski definition) is 3. The maximum atomic E-state index is 14.6. The number of rotatable bonds is 5. The highest BCUT2D eigenvalue weighted by molar-refractivity contribution is 7.98. The minimum atomic E-state index is -0.215.